The standard InChI is InChI=1S/C20H22ClN3O9.CH4/c1-10-7-23(19(27)22-18(10)26)17-6-15(25)16(33-17)9-32-20(28)31-8-11(2)13-5-12(21)3-4-14(13)24(29)30;/h3-5,7,11,15-17,25H,6,8-9H2,1-2H3,(H,22,26,27);1H4. The molecule has 2 aromatic rings. The molecule has 0 radical (unpaired) electrons. The number of aromatic nitrogens is 2. The molecule has 34 heavy (non-hydrogen) atoms. The number of ether oxygens (including phenoxy) is 3. The average Bonchev–Trinajstić information content (AvgIpc) is 3.12. The summed E-state index contributed by atoms with van der Waals surface area (Å²) in [5.74, 6) is -0.537. The van der Waals surface area contributed by atoms with E-state index in [1.807, 2.05) is 0 Å². The molecule has 1 aromatic heterocycles. The predicted molar refractivity (Wildman–Crippen MR) is 121 cm³/mol. The Morgan fingerprint density at radius 3 is 2.79 bits per heavy atom. The number of hydrogen-bond donors (Lipinski definition) is 2. The highest BCUT2D eigenvalue weighted by molar-refractivity contribution is 6.30. The maximum absolute atomic E-state index is 12.0. The fourth-order valence-corrected chi connectivity index (χ4v) is 3.58. The third kappa shape index (κ3) is 6.22. The van der Waals surface area contributed by atoms with E-state index in [-0.39, 0.29) is 32.7 Å². The van der Waals surface area contributed by atoms with Crippen LogP contribution >= 0.6 is 11.6 Å². The molecule has 186 valence electrons. The molecule has 13 heteroatoms. The Kier molecular flexibility index (Phi) is 8.96. The Labute approximate surface area is 199 Å². The second-order valence-electron chi connectivity index (χ2n) is 7.64. The summed E-state index contributed by atoms with van der Waals surface area (Å²) in [5.41, 5.74) is -0.753. The van der Waals surface area contributed by atoms with E-state index in [0.717, 1.165) is 4.57 Å². The summed E-state index contributed by atoms with van der Waals surface area (Å²) in [7, 11) is 0. The second kappa shape index (κ2) is 11.3. The van der Waals surface area contributed by atoms with Crippen molar-refractivity contribution in [3.8, 4) is 0 Å². The van der Waals surface area contributed by atoms with E-state index in [4.69, 9.17) is 25.8 Å². The van der Waals surface area contributed by atoms with E-state index in [1.54, 1.807) is 6.92 Å². The number of nitro benzene ring substituents is 1. The van der Waals surface area contributed by atoms with Crippen LogP contribution in [0.4, 0.5) is 10.5 Å². The lowest BCUT2D eigenvalue weighted by Gasteiger charge is -2.17. The van der Waals surface area contributed by atoms with Gasteiger partial charge in [0.25, 0.3) is 11.2 Å². The molecule has 0 aliphatic carbocycles. The lowest BCUT2D eigenvalue weighted by atomic mass is 10.0. The molecule has 1 aliphatic rings. The van der Waals surface area contributed by atoms with Gasteiger partial charge in [-0.1, -0.05) is 26.0 Å². The molecule has 4 atom stereocenters. The van der Waals surface area contributed by atoms with Crippen LogP contribution in [0.1, 0.15) is 44.0 Å². The number of nitrogens with zero attached hydrogens (tertiary/aromatic N) is 2. The predicted octanol–water partition coefficient (Wildman–Crippen LogP) is 2.65. The van der Waals surface area contributed by atoms with Crippen molar-refractivity contribution in [2.75, 3.05) is 13.2 Å². The molecule has 0 saturated carbocycles. The Morgan fingerprint density at radius 1 is 1.41 bits per heavy atom. The Bertz CT molecular complexity index is 1160. The monoisotopic (exact) mass is 499 g/mol. The van der Waals surface area contributed by atoms with E-state index in [2.05, 4.69) is 4.98 Å². The zero-order valence-corrected chi connectivity index (χ0v) is 18.5. The number of carbonyl (C=O) groups is 1. The molecule has 12 nitrogen and oxygen atoms in total. The first kappa shape index (κ1) is 27.0. The quantitative estimate of drug-likeness (QED) is 0.331. The van der Waals surface area contributed by atoms with Gasteiger partial charge in [-0.25, -0.2) is 9.59 Å². The van der Waals surface area contributed by atoms with Crippen LogP contribution in [0.25, 0.3) is 0 Å². The number of hydrogen-bond acceptors (Lipinski definition) is 9. The van der Waals surface area contributed by atoms with Crippen LogP contribution in [0.3, 0.4) is 0 Å². The molecule has 0 amide bonds. The summed E-state index contributed by atoms with van der Waals surface area (Å²) in [6.07, 6.45) is -2.49. The molecule has 2 N–H and O–H groups in total. The fourth-order valence-electron chi connectivity index (χ4n) is 3.40. The third-order valence-corrected chi connectivity index (χ3v) is 5.43. The number of H-pyrrole nitrogens is 1. The minimum Gasteiger partial charge on any atom is -0.434 e. The third-order valence-electron chi connectivity index (χ3n) is 5.19. The number of benzene rings is 1. The largest absolute Gasteiger partial charge is 0.508 e. The van der Waals surface area contributed by atoms with Gasteiger partial charge in [-0.15, -0.1) is 0 Å². The Hall–Kier alpha value is -3.22. The van der Waals surface area contributed by atoms with Crippen molar-refractivity contribution in [2.24, 2.45) is 0 Å². The molecule has 3 rings (SSSR count). The first-order chi connectivity index (χ1) is 15.6. The SMILES string of the molecule is C.Cc1cn(C2CC(O)C(COC(=O)OCC(C)c3cc(Cl)ccc3[N+](=O)[O-])O2)c(=O)[nH]c1=O. The van der Waals surface area contributed by atoms with Gasteiger partial charge in [-0.2, -0.15) is 0 Å². The van der Waals surface area contributed by atoms with Crippen molar-refractivity contribution in [1.82, 2.24) is 9.55 Å². The maximum atomic E-state index is 12.0. The van der Waals surface area contributed by atoms with Crippen LogP contribution in [-0.2, 0) is 14.2 Å². The zero-order valence-electron chi connectivity index (χ0n) is 17.7. The van der Waals surface area contributed by atoms with E-state index in [0.29, 0.717) is 16.1 Å². The molecule has 1 aliphatic heterocycles. The van der Waals surface area contributed by atoms with Crippen LogP contribution in [0.2, 0.25) is 5.02 Å². The van der Waals surface area contributed by atoms with Gasteiger partial charge >= 0.3 is 11.8 Å². The number of aromatic amines is 1. The molecule has 1 aromatic carbocycles. The number of halogens is 1. The highest BCUT2D eigenvalue weighted by Crippen LogP contribution is 2.30. The van der Waals surface area contributed by atoms with Crippen molar-refractivity contribution in [3.63, 3.8) is 0 Å². The summed E-state index contributed by atoms with van der Waals surface area (Å²) in [5, 5.41) is 21.7. The highest BCUT2D eigenvalue weighted by Gasteiger charge is 2.36. The van der Waals surface area contributed by atoms with E-state index < -0.39 is 46.7 Å². The first-order valence-corrected chi connectivity index (χ1v) is 10.3. The Morgan fingerprint density at radius 2 is 2.12 bits per heavy atom. The number of nitro groups is 1. The first-order valence-electron chi connectivity index (χ1n) is 9.95. The minimum absolute atomic E-state index is 0. The maximum Gasteiger partial charge on any atom is 0.508 e. The summed E-state index contributed by atoms with van der Waals surface area (Å²) < 4.78 is 16.8. The van der Waals surface area contributed by atoms with Gasteiger partial charge in [0.2, 0.25) is 0 Å². The van der Waals surface area contributed by atoms with Crippen LogP contribution in [0, 0.1) is 17.0 Å². The molecular weight excluding hydrogens is 474 g/mol. The van der Waals surface area contributed by atoms with Gasteiger partial charge in [0.15, 0.2) is 0 Å². The van der Waals surface area contributed by atoms with Crippen molar-refractivity contribution in [1.29, 1.82) is 0 Å². The summed E-state index contributed by atoms with van der Waals surface area (Å²) in [4.78, 5) is 48.3. The number of aliphatic hydroxyl groups is 1. The van der Waals surface area contributed by atoms with Crippen LogP contribution in [0.5, 0.6) is 0 Å². The van der Waals surface area contributed by atoms with Crippen LogP contribution < -0.4 is 11.2 Å². The normalized spacial score (nSPS) is 20.3. The molecule has 2 heterocycles. The van der Waals surface area contributed by atoms with Crippen molar-refractivity contribution >= 4 is 23.4 Å². The second-order valence-corrected chi connectivity index (χ2v) is 8.08. The van der Waals surface area contributed by atoms with E-state index in [1.165, 1.54) is 31.3 Å². The lowest BCUT2D eigenvalue weighted by molar-refractivity contribution is -0.385. The minimum atomic E-state index is -1.05. The number of aliphatic hydroxyl groups excluding tert-OH is 1. The van der Waals surface area contributed by atoms with Crippen molar-refractivity contribution in [3.05, 3.63) is 71.5 Å². The summed E-state index contributed by atoms with van der Waals surface area (Å²) >= 11 is 5.92. The van der Waals surface area contributed by atoms with Gasteiger partial charge in [0.1, 0.15) is 25.5 Å². The Balaban J connectivity index is 0.00000408. The average molecular weight is 500 g/mol. The summed E-state index contributed by atoms with van der Waals surface area (Å²) in [6.45, 7) is 2.60. The van der Waals surface area contributed by atoms with Crippen molar-refractivity contribution < 1.29 is 29.0 Å². The van der Waals surface area contributed by atoms with Gasteiger partial charge < -0.3 is 19.3 Å². The van der Waals surface area contributed by atoms with Gasteiger partial charge in [-0.3, -0.25) is 24.5 Å². The number of nitrogens with one attached hydrogen (secondary N) is 1. The molecule has 0 spiro atoms. The van der Waals surface area contributed by atoms with Crippen LogP contribution in [-0.4, -0.2) is 51.2 Å². The van der Waals surface area contributed by atoms with Crippen LogP contribution in [0.15, 0.2) is 34.0 Å². The smallest absolute Gasteiger partial charge is 0.434 e. The number of aryl methyl sites for hydroxylation is 1. The summed E-state index contributed by atoms with van der Waals surface area (Å²) in [6, 6.07) is 4.10. The molecule has 0 bridgehead atoms. The number of carbonyl (C=O) groups excluding carboxylic acids is 1. The lowest BCUT2D eigenvalue weighted by Crippen LogP contribution is -2.33. The van der Waals surface area contributed by atoms with Gasteiger partial charge in [0, 0.05) is 40.8 Å². The fraction of sp³-hybridized carbons (Fsp3) is 0.476. The van der Waals surface area contributed by atoms with E-state index >= 15 is 0 Å². The van der Waals surface area contributed by atoms with Gasteiger partial charge in [-0.05, 0) is 19.1 Å². The highest BCUT2D eigenvalue weighted by atomic mass is 35.5. The van der Waals surface area contributed by atoms with E-state index in [9.17, 15) is 29.6 Å². The molecular formula is C21H26ClN3O9. The zero-order chi connectivity index (χ0) is 24.3. The van der Waals surface area contributed by atoms with Gasteiger partial charge in [0.05, 0.1) is 11.0 Å². The topological polar surface area (TPSA) is 163 Å². The number of rotatable bonds is 7. The van der Waals surface area contributed by atoms with Crippen molar-refractivity contribution in [2.45, 2.75) is 52.0 Å². The molecule has 1 saturated heterocycles. The molecule has 1 fully saturated rings. The molecule has 4 unspecified atom stereocenters.